The minimum Gasteiger partial charge on any atom is -0.315 e. The van der Waals surface area contributed by atoms with Crippen LogP contribution in [0.15, 0.2) is 0 Å². The third-order valence-electron chi connectivity index (χ3n) is 3.11. The molecule has 1 unspecified atom stereocenters. The van der Waals surface area contributed by atoms with Crippen molar-refractivity contribution in [3.05, 3.63) is 0 Å². The highest BCUT2D eigenvalue weighted by atomic mass is 15.2. The van der Waals surface area contributed by atoms with Crippen LogP contribution in [0.4, 0.5) is 0 Å². The number of nitrogens with zero attached hydrogens (tertiary/aromatic N) is 1. The average Bonchev–Trinajstić information content (AvgIpc) is 2.55. The van der Waals surface area contributed by atoms with Gasteiger partial charge in [0.2, 0.25) is 0 Å². The van der Waals surface area contributed by atoms with Crippen LogP contribution >= 0.6 is 0 Å². The van der Waals surface area contributed by atoms with Gasteiger partial charge in [-0.25, -0.2) is 0 Å². The zero-order valence-corrected chi connectivity index (χ0v) is 7.34. The van der Waals surface area contributed by atoms with E-state index in [1.807, 2.05) is 0 Å². The third-order valence-corrected chi connectivity index (χ3v) is 3.11. The molecule has 2 heterocycles. The van der Waals surface area contributed by atoms with Gasteiger partial charge in [0.15, 0.2) is 0 Å². The summed E-state index contributed by atoms with van der Waals surface area (Å²) in [7, 11) is 0. The number of hydrogen-bond donors (Lipinski definition) is 1. The van der Waals surface area contributed by atoms with E-state index in [4.69, 9.17) is 0 Å². The molecular weight excluding hydrogens is 136 g/mol. The highest BCUT2D eigenvalue weighted by Crippen LogP contribution is 2.21. The first-order valence-corrected chi connectivity index (χ1v) is 4.84. The van der Waals surface area contributed by atoms with Crippen LogP contribution in [0.2, 0.25) is 0 Å². The van der Waals surface area contributed by atoms with Crippen LogP contribution in [0.1, 0.15) is 26.2 Å². The number of nitrogens with one attached hydrogen (secondary N) is 1. The molecule has 2 saturated heterocycles. The summed E-state index contributed by atoms with van der Waals surface area (Å²) in [6.07, 6.45) is 4.19. The first kappa shape index (κ1) is 7.56. The van der Waals surface area contributed by atoms with E-state index in [1.165, 1.54) is 38.9 Å². The molecule has 2 nitrogen and oxygen atoms in total. The highest BCUT2D eigenvalue weighted by molar-refractivity contribution is 4.86. The molecule has 2 heteroatoms. The third kappa shape index (κ3) is 1.42. The van der Waals surface area contributed by atoms with Gasteiger partial charge in [0.05, 0.1) is 0 Å². The average molecular weight is 154 g/mol. The van der Waals surface area contributed by atoms with E-state index in [0.717, 1.165) is 12.1 Å². The molecule has 0 amide bonds. The van der Waals surface area contributed by atoms with Crippen molar-refractivity contribution in [3.8, 4) is 0 Å². The summed E-state index contributed by atoms with van der Waals surface area (Å²) in [6, 6.07) is 1.70. The molecule has 11 heavy (non-hydrogen) atoms. The fourth-order valence-electron chi connectivity index (χ4n) is 2.42. The maximum absolute atomic E-state index is 3.43. The molecule has 0 aromatic rings. The summed E-state index contributed by atoms with van der Waals surface area (Å²) >= 11 is 0. The summed E-state index contributed by atoms with van der Waals surface area (Å²) in [4.78, 5) is 2.68. The van der Waals surface area contributed by atoms with Gasteiger partial charge < -0.3 is 5.32 Å². The number of hydrogen-bond acceptors (Lipinski definition) is 2. The molecule has 0 saturated carbocycles. The number of likely N-dealkylation sites (tertiary alicyclic amines) is 1. The molecule has 0 bridgehead atoms. The summed E-state index contributed by atoms with van der Waals surface area (Å²) in [5.74, 6) is 0. The Balaban J connectivity index is 1.92. The van der Waals surface area contributed by atoms with Crippen molar-refractivity contribution >= 4 is 0 Å². The molecule has 0 radical (unpaired) electrons. The molecule has 2 fully saturated rings. The van der Waals surface area contributed by atoms with Crippen molar-refractivity contribution in [1.29, 1.82) is 0 Å². The smallest absolute Gasteiger partial charge is 0.0235 e. The molecule has 0 aromatic heterocycles. The van der Waals surface area contributed by atoms with Crippen molar-refractivity contribution in [2.24, 2.45) is 0 Å². The van der Waals surface area contributed by atoms with E-state index in [2.05, 4.69) is 17.1 Å². The molecule has 2 rings (SSSR count). The minimum atomic E-state index is 0.847. The highest BCUT2D eigenvalue weighted by Gasteiger charge is 2.29. The van der Waals surface area contributed by atoms with Gasteiger partial charge in [-0.1, -0.05) is 0 Å². The Labute approximate surface area is 69.0 Å². The maximum atomic E-state index is 3.43. The first-order valence-electron chi connectivity index (χ1n) is 4.84. The predicted molar refractivity (Wildman–Crippen MR) is 46.7 cm³/mol. The monoisotopic (exact) mass is 154 g/mol. The quantitative estimate of drug-likeness (QED) is 0.602. The Bertz CT molecular complexity index is 130. The topological polar surface area (TPSA) is 15.3 Å². The molecule has 64 valence electrons. The zero-order chi connectivity index (χ0) is 7.68. The van der Waals surface area contributed by atoms with Crippen molar-refractivity contribution in [2.45, 2.75) is 38.3 Å². The molecule has 2 atom stereocenters. The van der Waals surface area contributed by atoms with E-state index >= 15 is 0 Å². The summed E-state index contributed by atoms with van der Waals surface area (Å²) in [6.45, 7) is 6.16. The molecule has 2 aliphatic rings. The lowest BCUT2D eigenvalue weighted by molar-refractivity contribution is 0.202. The van der Waals surface area contributed by atoms with E-state index in [9.17, 15) is 0 Å². The maximum Gasteiger partial charge on any atom is 0.0235 e. The van der Waals surface area contributed by atoms with Crippen LogP contribution < -0.4 is 5.32 Å². The lowest BCUT2D eigenvalue weighted by Gasteiger charge is -2.27. The molecule has 0 aliphatic carbocycles. The Morgan fingerprint density at radius 3 is 2.82 bits per heavy atom. The standard InChI is InChI=1S/C9H18N2/c1-8-3-2-6-11(8)9-4-5-10-7-9/h8-10H,2-7H2,1H3/t8-,9?/m0/s1. The van der Waals surface area contributed by atoms with Crippen LogP contribution in [0.25, 0.3) is 0 Å². The summed E-state index contributed by atoms with van der Waals surface area (Å²) < 4.78 is 0. The molecular formula is C9H18N2. The molecule has 2 aliphatic heterocycles. The van der Waals surface area contributed by atoms with Crippen molar-refractivity contribution in [3.63, 3.8) is 0 Å². The van der Waals surface area contributed by atoms with Crippen LogP contribution in [0.5, 0.6) is 0 Å². The van der Waals surface area contributed by atoms with E-state index in [0.29, 0.717) is 0 Å². The van der Waals surface area contributed by atoms with E-state index in [-0.39, 0.29) is 0 Å². The second-order valence-electron chi connectivity index (χ2n) is 3.88. The second kappa shape index (κ2) is 3.11. The van der Waals surface area contributed by atoms with Gasteiger partial charge in [0.1, 0.15) is 0 Å². The molecule has 0 spiro atoms. The van der Waals surface area contributed by atoms with Gasteiger partial charge in [-0.2, -0.15) is 0 Å². The lowest BCUT2D eigenvalue weighted by Crippen LogP contribution is -2.38. The van der Waals surface area contributed by atoms with Crippen LogP contribution in [-0.4, -0.2) is 36.6 Å². The SMILES string of the molecule is C[C@H]1CCCN1C1CCNC1. The largest absolute Gasteiger partial charge is 0.315 e. The van der Waals surface area contributed by atoms with Gasteiger partial charge >= 0.3 is 0 Å². The fraction of sp³-hybridized carbons (Fsp3) is 1.00. The summed E-state index contributed by atoms with van der Waals surface area (Å²) in [5, 5.41) is 3.43. The number of rotatable bonds is 1. The van der Waals surface area contributed by atoms with Crippen LogP contribution in [-0.2, 0) is 0 Å². The van der Waals surface area contributed by atoms with Crippen molar-refractivity contribution in [2.75, 3.05) is 19.6 Å². The first-order chi connectivity index (χ1) is 5.38. The Kier molecular flexibility index (Phi) is 2.14. The van der Waals surface area contributed by atoms with Gasteiger partial charge in [0, 0.05) is 18.6 Å². The van der Waals surface area contributed by atoms with E-state index in [1.54, 1.807) is 0 Å². The minimum absolute atomic E-state index is 0.847. The van der Waals surface area contributed by atoms with Crippen LogP contribution in [0, 0.1) is 0 Å². The van der Waals surface area contributed by atoms with Crippen molar-refractivity contribution < 1.29 is 0 Å². The second-order valence-corrected chi connectivity index (χ2v) is 3.88. The Morgan fingerprint density at radius 2 is 2.27 bits per heavy atom. The molecule has 0 aromatic carbocycles. The van der Waals surface area contributed by atoms with E-state index < -0.39 is 0 Å². The zero-order valence-electron chi connectivity index (χ0n) is 7.34. The fourth-order valence-corrected chi connectivity index (χ4v) is 2.42. The van der Waals surface area contributed by atoms with Crippen LogP contribution in [0.3, 0.4) is 0 Å². The molecule has 1 N–H and O–H groups in total. The lowest BCUT2D eigenvalue weighted by atomic mass is 10.2. The Morgan fingerprint density at radius 1 is 1.36 bits per heavy atom. The summed E-state index contributed by atoms with van der Waals surface area (Å²) in [5.41, 5.74) is 0. The Hall–Kier alpha value is -0.0800. The normalized spacial score (nSPS) is 40.1. The predicted octanol–water partition coefficient (Wildman–Crippen LogP) is 0.833. The van der Waals surface area contributed by atoms with Gasteiger partial charge in [-0.3, -0.25) is 4.90 Å². The van der Waals surface area contributed by atoms with Crippen molar-refractivity contribution in [1.82, 2.24) is 10.2 Å². The van der Waals surface area contributed by atoms with Gasteiger partial charge in [-0.05, 0) is 39.3 Å². The van der Waals surface area contributed by atoms with Gasteiger partial charge in [-0.15, -0.1) is 0 Å². The van der Waals surface area contributed by atoms with Gasteiger partial charge in [0.25, 0.3) is 0 Å².